The molecule has 1 saturated heterocycles. The van der Waals surface area contributed by atoms with Gasteiger partial charge in [0.25, 0.3) is 5.91 Å². The van der Waals surface area contributed by atoms with Gasteiger partial charge in [0.2, 0.25) is 5.91 Å². The number of rotatable bonds is 4. The van der Waals surface area contributed by atoms with Crippen LogP contribution in [-0.2, 0) is 4.79 Å². The number of amides is 2. The standard InChI is InChI=1S/C14H18FN3O2/c1-9-6-10(15)2-3-12(9)14(20)18(8-13(16)19)11-4-5-17-7-11/h2-3,6,11,17H,4-5,7-8H2,1H3,(H2,16,19). The zero-order chi connectivity index (χ0) is 14.7. The first-order valence-corrected chi connectivity index (χ1v) is 6.55. The highest BCUT2D eigenvalue weighted by Crippen LogP contribution is 2.17. The number of carbonyl (C=O) groups is 2. The SMILES string of the molecule is Cc1cc(F)ccc1C(=O)N(CC(N)=O)C1CCNC1. The Bertz CT molecular complexity index is 527. The summed E-state index contributed by atoms with van der Waals surface area (Å²) in [7, 11) is 0. The van der Waals surface area contributed by atoms with E-state index in [9.17, 15) is 14.0 Å². The fraction of sp³-hybridized carbons (Fsp3) is 0.429. The Labute approximate surface area is 116 Å². The maximum absolute atomic E-state index is 13.1. The van der Waals surface area contributed by atoms with Gasteiger partial charge in [-0.25, -0.2) is 4.39 Å². The summed E-state index contributed by atoms with van der Waals surface area (Å²) in [4.78, 5) is 25.2. The molecule has 1 aromatic rings. The molecule has 0 bridgehead atoms. The first kappa shape index (κ1) is 14.5. The minimum Gasteiger partial charge on any atom is -0.368 e. The molecule has 1 aliphatic rings. The second-order valence-electron chi connectivity index (χ2n) is 5.01. The molecule has 0 aliphatic carbocycles. The number of hydrogen-bond acceptors (Lipinski definition) is 3. The van der Waals surface area contributed by atoms with E-state index in [4.69, 9.17) is 5.73 Å². The van der Waals surface area contributed by atoms with Gasteiger partial charge in [-0.2, -0.15) is 0 Å². The van der Waals surface area contributed by atoms with Crippen molar-refractivity contribution >= 4 is 11.8 Å². The summed E-state index contributed by atoms with van der Waals surface area (Å²) in [6.45, 7) is 2.99. The molecule has 2 rings (SSSR count). The van der Waals surface area contributed by atoms with Gasteiger partial charge in [0.15, 0.2) is 0 Å². The number of halogens is 1. The highest BCUT2D eigenvalue weighted by atomic mass is 19.1. The number of hydrogen-bond donors (Lipinski definition) is 2. The largest absolute Gasteiger partial charge is 0.368 e. The lowest BCUT2D eigenvalue weighted by Crippen LogP contribution is -2.46. The molecule has 0 aromatic heterocycles. The number of nitrogens with one attached hydrogen (secondary N) is 1. The van der Waals surface area contributed by atoms with Crippen molar-refractivity contribution in [2.75, 3.05) is 19.6 Å². The fourth-order valence-electron chi connectivity index (χ4n) is 2.46. The van der Waals surface area contributed by atoms with E-state index in [1.54, 1.807) is 6.92 Å². The summed E-state index contributed by atoms with van der Waals surface area (Å²) in [5, 5.41) is 3.15. The van der Waals surface area contributed by atoms with Gasteiger partial charge < -0.3 is 16.0 Å². The molecule has 0 spiro atoms. The van der Waals surface area contributed by atoms with Crippen molar-refractivity contribution < 1.29 is 14.0 Å². The molecule has 6 heteroatoms. The van der Waals surface area contributed by atoms with Crippen LogP contribution in [0.4, 0.5) is 4.39 Å². The van der Waals surface area contributed by atoms with Crippen LogP contribution in [0, 0.1) is 12.7 Å². The number of primary amides is 1. The quantitative estimate of drug-likeness (QED) is 0.839. The third kappa shape index (κ3) is 3.14. The van der Waals surface area contributed by atoms with Crippen molar-refractivity contribution in [3.8, 4) is 0 Å². The second kappa shape index (κ2) is 6.00. The van der Waals surface area contributed by atoms with Crippen LogP contribution in [0.3, 0.4) is 0 Å². The zero-order valence-electron chi connectivity index (χ0n) is 11.4. The van der Waals surface area contributed by atoms with E-state index in [2.05, 4.69) is 5.32 Å². The van der Waals surface area contributed by atoms with Gasteiger partial charge in [-0.15, -0.1) is 0 Å². The molecule has 20 heavy (non-hydrogen) atoms. The number of nitrogens with two attached hydrogens (primary N) is 1. The second-order valence-corrected chi connectivity index (χ2v) is 5.01. The predicted molar refractivity (Wildman–Crippen MR) is 72.6 cm³/mol. The van der Waals surface area contributed by atoms with Crippen molar-refractivity contribution in [2.45, 2.75) is 19.4 Å². The van der Waals surface area contributed by atoms with E-state index >= 15 is 0 Å². The Morgan fingerprint density at radius 2 is 2.25 bits per heavy atom. The summed E-state index contributed by atoms with van der Waals surface area (Å²) in [6.07, 6.45) is 0.777. The number of aryl methyl sites for hydroxylation is 1. The molecule has 1 heterocycles. The monoisotopic (exact) mass is 279 g/mol. The summed E-state index contributed by atoms with van der Waals surface area (Å²) >= 11 is 0. The first-order valence-electron chi connectivity index (χ1n) is 6.55. The summed E-state index contributed by atoms with van der Waals surface area (Å²) < 4.78 is 13.1. The third-order valence-electron chi connectivity index (χ3n) is 3.48. The Hall–Kier alpha value is -1.95. The van der Waals surface area contributed by atoms with Gasteiger partial charge in [-0.1, -0.05) is 0 Å². The van der Waals surface area contributed by atoms with Gasteiger partial charge >= 0.3 is 0 Å². The molecule has 0 radical (unpaired) electrons. The Morgan fingerprint density at radius 1 is 1.50 bits per heavy atom. The highest BCUT2D eigenvalue weighted by Gasteiger charge is 2.29. The van der Waals surface area contributed by atoms with Crippen molar-refractivity contribution in [1.82, 2.24) is 10.2 Å². The molecule has 1 fully saturated rings. The Kier molecular flexibility index (Phi) is 4.34. The van der Waals surface area contributed by atoms with E-state index in [1.807, 2.05) is 0 Å². The van der Waals surface area contributed by atoms with Crippen LogP contribution in [-0.4, -0.2) is 42.4 Å². The molecule has 1 unspecified atom stereocenters. The molecule has 108 valence electrons. The molecule has 1 atom stereocenters. The average Bonchev–Trinajstić information content (AvgIpc) is 2.88. The van der Waals surface area contributed by atoms with E-state index < -0.39 is 5.91 Å². The average molecular weight is 279 g/mol. The topological polar surface area (TPSA) is 75.4 Å². The molecular formula is C14H18FN3O2. The van der Waals surface area contributed by atoms with Gasteiger partial charge in [0, 0.05) is 18.2 Å². The van der Waals surface area contributed by atoms with E-state index in [0.29, 0.717) is 17.7 Å². The molecule has 3 N–H and O–H groups in total. The smallest absolute Gasteiger partial charge is 0.254 e. The Morgan fingerprint density at radius 3 is 2.80 bits per heavy atom. The highest BCUT2D eigenvalue weighted by molar-refractivity contribution is 5.97. The summed E-state index contributed by atoms with van der Waals surface area (Å²) in [6, 6.07) is 3.95. The minimum atomic E-state index is -0.551. The van der Waals surface area contributed by atoms with Crippen LogP contribution in [0.1, 0.15) is 22.3 Å². The maximum atomic E-state index is 13.1. The van der Waals surface area contributed by atoms with Gasteiger partial charge in [0.1, 0.15) is 5.82 Å². The van der Waals surface area contributed by atoms with Crippen LogP contribution >= 0.6 is 0 Å². The molecule has 0 saturated carbocycles. The predicted octanol–water partition coefficient (Wildman–Crippen LogP) is 0.424. The van der Waals surface area contributed by atoms with Gasteiger partial charge in [-0.05, 0) is 43.7 Å². The zero-order valence-corrected chi connectivity index (χ0v) is 11.4. The van der Waals surface area contributed by atoms with Crippen molar-refractivity contribution in [3.05, 3.63) is 35.1 Å². The fourth-order valence-corrected chi connectivity index (χ4v) is 2.46. The van der Waals surface area contributed by atoms with E-state index in [-0.39, 0.29) is 24.3 Å². The lowest BCUT2D eigenvalue weighted by atomic mass is 10.1. The third-order valence-corrected chi connectivity index (χ3v) is 3.48. The number of carbonyl (C=O) groups excluding carboxylic acids is 2. The van der Waals surface area contributed by atoms with Crippen molar-refractivity contribution in [1.29, 1.82) is 0 Å². The molecule has 1 aromatic carbocycles. The lowest BCUT2D eigenvalue weighted by Gasteiger charge is -2.28. The Balaban J connectivity index is 2.27. The van der Waals surface area contributed by atoms with Gasteiger partial charge in [0.05, 0.1) is 6.54 Å². The van der Waals surface area contributed by atoms with Crippen LogP contribution in [0.5, 0.6) is 0 Å². The van der Waals surface area contributed by atoms with Crippen LogP contribution in [0.15, 0.2) is 18.2 Å². The van der Waals surface area contributed by atoms with Gasteiger partial charge in [-0.3, -0.25) is 9.59 Å². The van der Waals surface area contributed by atoms with E-state index in [1.165, 1.54) is 23.1 Å². The number of nitrogens with zero attached hydrogens (tertiary/aromatic N) is 1. The minimum absolute atomic E-state index is 0.0561. The maximum Gasteiger partial charge on any atom is 0.254 e. The van der Waals surface area contributed by atoms with Crippen LogP contribution < -0.4 is 11.1 Å². The molecule has 2 amide bonds. The van der Waals surface area contributed by atoms with Crippen LogP contribution in [0.25, 0.3) is 0 Å². The molecule has 5 nitrogen and oxygen atoms in total. The normalized spacial score (nSPS) is 18.0. The summed E-state index contributed by atoms with van der Waals surface area (Å²) in [5.74, 6) is -1.22. The first-order chi connectivity index (χ1) is 9.49. The van der Waals surface area contributed by atoms with E-state index in [0.717, 1.165) is 13.0 Å². The van der Waals surface area contributed by atoms with Crippen molar-refractivity contribution in [3.63, 3.8) is 0 Å². The van der Waals surface area contributed by atoms with Crippen LogP contribution in [0.2, 0.25) is 0 Å². The van der Waals surface area contributed by atoms with Crippen molar-refractivity contribution in [2.24, 2.45) is 5.73 Å². The molecule has 1 aliphatic heterocycles. The number of benzene rings is 1. The lowest BCUT2D eigenvalue weighted by molar-refractivity contribution is -0.119. The summed E-state index contributed by atoms with van der Waals surface area (Å²) in [5.41, 5.74) is 6.18. The molecular weight excluding hydrogens is 261 g/mol.